The number of hydrogen-bond acceptors (Lipinski definition) is 7. The van der Waals surface area contributed by atoms with Gasteiger partial charge in [0.2, 0.25) is 5.91 Å². The third-order valence-corrected chi connectivity index (χ3v) is 6.70. The van der Waals surface area contributed by atoms with Gasteiger partial charge in [0, 0.05) is 42.7 Å². The predicted octanol–water partition coefficient (Wildman–Crippen LogP) is 3.70. The number of carbonyl (C=O) groups excluding carboxylic acids is 2. The van der Waals surface area contributed by atoms with Crippen LogP contribution in [0, 0.1) is 0 Å². The number of oxazole rings is 1. The highest BCUT2D eigenvalue weighted by Gasteiger charge is 2.24. The summed E-state index contributed by atoms with van der Waals surface area (Å²) >= 11 is 6.36. The largest absolute Gasteiger partial charge is 0.432 e. The summed E-state index contributed by atoms with van der Waals surface area (Å²) in [5.41, 5.74) is 8.22. The molecule has 3 aromatic rings. The molecule has 1 aliphatic rings. The molecule has 0 atom stereocenters. The second-order valence-electron chi connectivity index (χ2n) is 9.20. The van der Waals surface area contributed by atoms with Crippen molar-refractivity contribution in [3.8, 4) is 11.1 Å². The SMILES string of the molecule is CN(C)CCCC(=O)N1CCC(n2cc(-c3ccc(Cl)c(CC(=O)c4coc(N)n4)c3)cn2)CC1. The van der Waals surface area contributed by atoms with E-state index in [4.69, 9.17) is 21.8 Å². The zero-order valence-corrected chi connectivity index (χ0v) is 20.9. The molecular formula is C25H31ClN6O3. The average Bonchev–Trinajstić information content (AvgIpc) is 3.50. The van der Waals surface area contributed by atoms with Gasteiger partial charge in [-0.15, -0.1) is 0 Å². The van der Waals surface area contributed by atoms with Crippen molar-refractivity contribution in [1.82, 2.24) is 24.6 Å². The topological polar surface area (TPSA) is 110 Å². The van der Waals surface area contributed by atoms with Gasteiger partial charge in [-0.1, -0.05) is 17.7 Å². The lowest BCUT2D eigenvalue weighted by molar-refractivity contribution is -0.132. The van der Waals surface area contributed by atoms with E-state index >= 15 is 0 Å². The molecule has 35 heavy (non-hydrogen) atoms. The smallest absolute Gasteiger partial charge is 0.292 e. The van der Waals surface area contributed by atoms with Gasteiger partial charge in [0.15, 0.2) is 5.78 Å². The highest BCUT2D eigenvalue weighted by molar-refractivity contribution is 6.31. The number of carbonyl (C=O) groups is 2. The van der Waals surface area contributed by atoms with E-state index in [0.717, 1.165) is 50.0 Å². The monoisotopic (exact) mass is 498 g/mol. The first-order valence-electron chi connectivity index (χ1n) is 11.8. The summed E-state index contributed by atoms with van der Waals surface area (Å²) < 4.78 is 6.92. The van der Waals surface area contributed by atoms with Crippen molar-refractivity contribution >= 4 is 29.3 Å². The number of ketones is 1. The quantitative estimate of drug-likeness (QED) is 0.448. The molecule has 0 radical (unpaired) electrons. The summed E-state index contributed by atoms with van der Waals surface area (Å²) in [7, 11) is 4.04. The maximum Gasteiger partial charge on any atom is 0.292 e. The number of nitrogens with two attached hydrogens (primary N) is 1. The minimum absolute atomic E-state index is 0.0415. The van der Waals surface area contributed by atoms with E-state index in [1.54, 1.807) is 6.07 Å². The lowest BCUT2D eigenvalue weighted by atomic mass is 10.0. The van der Waals surface area contributed by atoms with Crippen molar-refractivity contribution in [2.75, 3.05) is 39.5 Å². The third-order valence-electron chi connectivity index (χ3n) is 6.33. The van der Waals surface area contributed by atoms with Crippen LogP contribution in [0.5, 0.6) is 0 Å². The van der Waals surface area contributed by atoms with E-state index in [0.29, 0.717) is 17.0 Å². The standard InChI is InChI=1S/C25H31ClN6O3/c1-30(2)9-3-4-24(34)31-10-7-20(8-11-31)32-15-19(14-28-32)17-5-6-21(26)18(12-17)13-23(33)22-16-35-25(27)29-22/h5-6,12,14-16,20H,3-4,7-11,13H2,1-2H3,(H2,27,29). The molecule has 9 nitrogen and oxygen atoms in total. The number of hydrogen-bond donors (Lipinski definition) is 1. The fourth-order valence-electron chi connectivity index (χ4n) is 4.34. The van der Waals surface area contributed by atoms with Gasteiger partial charge in [0.1, 0.15) is 12.0 Å². The summed E-state index contributed by atoms with van der Waals surface area (Å²) in [5, 5.41) is 5.10. The number of likely N-dealkylation sites (tertiary alicyclic amines) is 1. The number of nitrogens with zero attached hydrogens (tertiary/aromatic N) is 5. The Balaban J connectivity index is 1.37. The number of amides is 1. The van der Waals surface area contributed by atoms with Crippen LogP contribution in [0.2, 0.25) is 5.02 Å². The zero-order valence-electron chi connectivity index (χ0n) is 20.1. The molecule has 10 heteroatoms. The Kier molecular flexibility index (Phi) is 7.87. The molecule has 1 aliphatic heterocycles. The van der Waals surface area contributed by atoms with Crippen molar-refractivity contribution in [3.05, 3.63) is 53.1 Å². The molecule has 0 bridgehead atoms. The van der Waals surface area contributed by atoms with Crippen molar-refractivity contribution in [3.63, 3.8) is 0 Å². The molecule has 2 N–H and O–H groups in total. The van der Waals surface area contributed by atoms with Crippen LogP contribution in [0.25, 0.3) is 11.1 Å². The lowest BCUT2D eigenvalue weighted by Gasteiger charge is -2.32. The molecule has 0 aliphatic carbocycles. The number of benzene rings is 1. The Bertz CT molecular complexity index is 1180. The van der Waals surface area contributed by atoms with Gasteiger partial charge in [-0.25, -0.2) is 0 Å². The van der Waals surface area contributed by atoms with E-state index in [9.17, 15) is 9.59 Å². The van der Waals surface area contributed by atoms with Crippen LogP contribution >= 0.6 is 11.6 Å². The number of halogens is 1. The predicted molar refractivity (Wildman–Crippen MR) is 134 cm³/mol. The molecule has 3 heterocycles. The molecule has 0 spiro atoms. The molecule has 2 aromatic heterocycles. The molecule has 1 aromatic carbocycles. The number of aromatic nitrogens is 3. The first kappa shape index (κ1) is 24.9. The molecule has 1 saturated heterocycles. The second-order valence-corrected chi connectivity index (χ2v) is 9.61. The summed E-state index contributed by atoms with van der Waals surface area (Å²) in [6, 6.07) is 5.82. The van der Waals surface area contributed by atoms with Crippen LogP contribution < -0.4 is 5.73 Å². The number of piperidine rings is 1. The summed E-state index contributed by atoms with van der Waals surface area (Å²) in [6.45, 7) is 2.43. The van der Waals surface area contributed by atoms with Crippen LogP contribution in [0.1, 0.15) is 47.8 Å². The highest BCUT2D eigenvalue weighted by Crippen LogP contribution is 2.29. The number of rotatable bonds is 9. The number of nitrogen functional groups attached to an aromatic ring is 1. The van der Waals surface area contributed by atoms with Crippen molar-refractivity contribution in [2.24, 2.45) is 0 Å². The molecule has 186 valence electrons. The van der Waals surface area contributed by atoms with Crippen LogP contribution in [0.15, 0.2) is 41.3 Å². The van der Waals surface area contributed by atoms with E-state index in [1.165, 1.54) is 6.26 Å². The minimum Gasteiger partial charge on any atom is -0.432 e. The van der Waals surface area contributed by atoms with Crippen LogP contribution in [0.3, 0.4) is 0 Å². The van der Waals surface area contributed by atoms with Crippen LogP contribution in [-0.2, 0) is 11.2 Å². The Morgan fingerprint density at radius 2 is 2.00 bits per heavy atom. The molecule has 1 amide bonds. The third kappa shape index (κ3) is 6.29. The highest BCUT2D eigenvalue weighted by atomic mass is 35.5. The van der Waals surface area contributed by atoms with Gasteiger partial charge in [0.25, 0.3) is 6.01 Å². The Hall–Kier alpha value is -3.17. The number of Topliss-reactive ketones (excluding diaryl/α,β-unsaturated/α-hetero) is 1. The van der Waals surface area contributed by atoms with Crippen molar-refractivity contribution < 1.29 is 14.0 Å². The van der Waals surface area contributed by atoms with Gasteiger partial charge in [-0.2, -0.15) is 10.1 Å². The van der Waals surface area contributed by atoms with Gasteiger partial charge >= 0.3 is 0 Å². The molecule has 0 unspecified atom stereocenters. The molecule has 0 saturated carbocycles. The molecule has 1 fully saturated rings. The summed E-state index contributed by atoms with van der Waals surface area (Å²) in [4.78, 5) is 33.0. The minimum atomic E-state index is -0.219. The Labute approximate surface area is 209 Å². The normalized spacial score (nSPS) is 14.6. The zero-order chi connectivity index (χ0) is 24.9. The summed E-state index contributed by atoms with van der Waals surface area (Å²) in [5.74, 6) is 0.0196. The van der Waals surface area contributed by atoms with Gasteiger partial charge in [0.05, 0.1) is 12.2 Å². The van der Waals surface area contributed by atoms with Gasteiger partial charge < -0.3 is 20.0 Å². The van der Waals surface area contributed by atoms with Crippen LogP contribution in [0.4, 0.5) is 6.01 Å². The van der Waals surface area contributed by atoms with Crippen molar-refractivity contribution in [2.45, 2.75) is 38.1 Å². The van der Waals surface area contributed by atoms with E-state index in [-0.39, 0.29) is 35.9 Å². The van der Waals surface area contributed by atoms with Crippen molar-refractivity contribution in [1.29, 1.82) is 0 Å². The Morgan fingerprint density at radius 3 is 2.69 bits per heavy atom. The van der Waals surface area contributed by atoms with E-state index in [1.807, 2.05) is 48.2 Å². The average molecular weight is 499 g/mol. The Morgan fingerprint density at radius 1 is 1.23 bits per heavy atom. The van der Waals surface area contributed by atoms with E-state index < -0.39 is 0 Å². The number of anilines is 1. The molecule has 4 rings (SSSR count). The summed E-state index contributed by atoms with van der Waals surface area (Å²) in [6.07, 6.45) is 8.42. The second kappa shape index (κ2) is 11.0. The lowest BCUT2D eigenvalue weighted by Crippen LogP contribution is -2.39. The first-order valence-corrected chi connectivity index (χ1v) is 12.2. The fraction of sp³-hybridized carbons (Fsp3) is 0.440. The fourth-order valence-corrected chi connectivity index (χ4v) is 4.52. The van der Waals surface area contributed by atoms with Gasteiger partial charge in [-0.05, 0) is 63.2 Å². The maximum atomic E-state index is 12.5. The first-order chi connectivity index (χ1) is 16.8. The molecular weight excluding hydrogens is 468 g/mol. The maximum absolute atomic E-state index is 12.5. The van der Waals surface area contributed by atoms with Gasteiger partial charge in [-0.3, -0.25) is 14.3 Å². The van der Waals surface area contributed by atoms with E-state index in [2.05, 4.69) is 15.0 Å². The van der Waals surface area contributed by atoms with Crippen LogP contribution in [-0.4, -0.2) is 70.0 Å².